The number of nitrogens with one attached hydrogen (secondary N) is 1. The van der Waals surface area contributed by atoms with Gasteiger partial charge in [-0.25, -0.2) is 0 Å². The lowest BCUT2D eigenvalue weighted by Gasteiger charge is -2.16. The van der Waals surface area contributed by atoms with Crippen LogP contribution in [0.2, 0.25) is 0 Å². The molecule has 2 atom stereocenters. The summed E-state index contributed by atoms with van der Waals surface area (Å²) >= 11 is 1.38. The molecule has 2 aromatic rings. The van der Waals surface area contributed by atoms with Crippen LogP contribution < -0.4 is 5.32 Å². The molecule has 136 valence electrons. The number of carbonyl (C=O) groups excluding carboxylic acids is 3. The first-order valence-electron chi connectivity index (χ1n) is 8.21. The molecule has 0 spiro atoms. The summed E-state index contributed by atoms with van der Waals surface area (Å²) in [5, 5.41) is 2.24. The van der Waals surface area contributed by atoms with E-state index in [1.165, 1.54) is 25.6 Å². The first-order chi connectivity index (χ1) is 12.4. The number of ether oxygens (including phenoxy) is 1. The average Bonchev–Trinajstić information content (AvgIpc) is 2.62. The molecule has 0 unspecified atom stereocenters. The van der Waals surface area contributed by atoms with Crippen LogP contribution in [0.5, 0.6) is 0 Å². The third kappa shape index (κ3) is 5.74. The summed E-state index contributed by atoms with van der Waals surface area (Å²) in [6, 6.07) is 16.1. The Morgan fingerprint density at radius 2 is 1.58 bits per heavy atom. The number of ketones is 1. The van der Waals surface area contributed by atoms with E-state index in [0.29, 0.717) is 11.3 Å². The van der Waals surface area contributed by atoms with Crippen LogP contribution in [-0.4, -0.2) is 29.0 Å². The highest BCUT2D eigenvalue weighted by Crippen LogP contribution is 2.23. The number of rotatable bonds is 7. The summed E-state index contributed by atoms with van der Waals surface area (Å²) < 4.78 is 5.25. The molecule has 0 saturated carbocycles. The number of hydrogen-bond acceptors (Lipinski definition) is 5. The zero-order chi connectivity index (χ0) is 19.1. The van der Waals surface area contributed by atoms with E-state index in [1.54, 1.807) is 31.2 Å². The van der Waals surface area contributed by atoms with Gasteiger partial charge in [-0.3, -0.25) is 14.4 Å². The first-order valence-corrected chi connectivity index (χ1v) is 9.09. The lowest BCUT2D eigenvalue weighted by atomic mass is 10.1. The van der Waals surface area contributed by atoms with Gasteiger partial charge in [0.2, 0.25) is 0 Å². The minimum absolute atomic E-state index is 0.0462. The number of benzene rings is 2. The number of amides is 1. The topological polar surface area (TPSA) is 72.5 Å². The lowest BCUT2D eigenvalue weighted by molar-refractivity contribution is -0.152. The van der Waals surface area contributed by atoms with Crippen molar-refractivity contribution in [3.8, 4) is 0 Å². The van der Waals surface area contributed by atoms with Gasteiger partial charge in [0.25, 0.3) is 5.91 Å². The lowest BCUT2D eigenvalue weighted by Crippen LogP contribution is -2.32. The van der Waals surface area contributed by atoms with Crippen LogP contribution >= 0.6 is 11.8 Å². The van der Waals surface area contributed by atoms with E-state index in [1.807, 2.05) is 30.3 Å². The number of thioether (sulfide) groups is 1. The Morgan fingerprint density at radius 3 is 2.15 bits per heavy atom. The zero-order valence-electron chi connectivity index (χ0n) is 14.9. The summed E-state index contributed by atoms with van der Waals surface area (Å²) in [6.07, 6.45) is -0.922. The molecule has 2 rings (SSSR count). The van der Waals surface area contributed by atoms with Crippen LogP contribution in [0.4, 0.5) is 5.69 Å². The van der Waals surface area contributed by atoms with Crippen molar-refractivity contribution in [3.05, 3.63) is 60.2 Å². The first kappa shape index (κ1) is 19.7. The van der Waals surface area contributed by atoms with Crippen molar-refractivity contribution in [3.63, 3.8) is 0 Å². The third-order valence-electron chi connectivity index (χ3n) is 3.61. The summed E-state index contributed by atoms with van der Waals surface area (Å²) in [4.78, 5) is 36.6. The Balaban J connectivity index is 1.87. The van der Waals surface area contributed by atoms with Crippen molar-refractivity contribution in [1.29, 1.82) is 0 Å². The van der Waals surface area contributed by atoms with Crippen molar-refractivity contribution in [2.24, 2.45) is 0 Å². The largest absolute Gasteiger partial charge is 0.452 e. The molecule has 5 nitrogen and oxygen atoms in total. The normalized spacial score (nSPS) is 12.7. The van der Waals surface area contributed by atoms with Crippen molar-refractivity contribution >= 4 is 35.1 Å². The molecular weight excluding hydrogens is 350 g/mol. The van der Waals surface area contributed by atoms with Gasteiger partial charge in [-0.15, -0.1) is 11.8 Å². The number of carbonyl (C=O) groups is 3. The molecule has 0 aliphatic carbocycles. The second-order valence-electron chi connectivity index (χ2n) is 5.78. The highest BCUT2D eigenvalue weighted by Gasteiger charge is 2.22. The quantitative estimate of drug-likeness (QED) is 0.453. The SMILES string of the molecule is CC(=O)c1ccc(NC(=O)[C@H](C)OC(=O)[C@H](C)Sc2ccccc2)cc1. The summed E-state index contributed by atoms with van der Waals surface area (Å²) in [7, 11) is 0. The zero-order valence-corrected chi connectivity index (χ0v) is 15.7. The van der Waals surface area contributed by atoms with Gasteiger partial charge in [0.1, 0.15) is 5.25 Å². The van der Waals surface area contributed by atoms with Crippen LogP contribution in [0.3, 0.4) is 0 Å². The second-order valence-corrected chi connectivity index (χ2v) is 7.19. The van der Waals surface area contributed by atoms with Gasteiger partial charge in [-0.05, 0) is 57.2 Å². The molecule has 1 N–H and O–H groups in total. The van der Waals surface area contributed by atoms with Crippen LogP contribution in [0.1, 0.15) is 31.1 Å². The molecule has 6 heteroatoms. The molecule has 0 saturated heterocycles. The molecule has 0 heterocycles. The third-order valence-corrected chi connectivity index (χ3v) is 4.70. The molecule has 2 aromatic carbocycles. The Hall–Kier alpha value is -2.60. The minimum atomic E-state index is -0.922. The van der Waals surface area contributed by atoms with Crippen molar-refractivity contribution in [2.75, 3.05) is 5.32 Å². The summed E-state index contributed by atoms with van der Waals surface area (Å²) in [6.45, 7) is 4.74. The van der Waals surface area contributed by atoms with Crippen LogP contribution in [0.15, 0.2) is 59.5 Å². The van der Waals surface area contributed by atoms with E-state index in [9.17, 15) is 14.4 Å². The standard InChI is InChI=1S/C20H21NO4S/c1-13(22)16-9-11-17(12-10-16)21-19(23)14(2)25-20(24)15(3)26-18-7-5-4-6-8-18/h4-12,14-15H,1-3H3,(H,21,23)/t14-,15-/m0/s1. The van der Waals surface area contributed by atoms with Gasteiger partial charge >= 0.3 is 5.97 Å². The molecule has 0 aliphatic rings. The summed E-state index contributed by atoms with van der Waals surface area (Å²) in [5.41, 5.74) is 1.10. The van der Waals surface area contributed by atoms with Crippen LogP contribution in [0, 0.1) is 0 Å². The van der Waals surface area contributed by atoms with E-state index in [2.05, 4.69) is 5.32 Å². The Morgan fingerprint density at radius 1 is 0.962 bits per heavy atom. The smallest absolute Gasteiger partial charge is 0.319 e. The molecule has 0 radical (unpaired) electrons. The van der Waals surface area contributed by atoms with Crippen LogP contribution in [-0.2, 0) is 14.3 Å². The van der Waals surface area contributed by atoms with Crippen molar-refractivity contribution < 1.29 is 19.1 Å². The van der Waals surface area contributed by atoms with Gasteiger partial charge in [0.15, 0.2) is 11.9 Å². The van der Waals surface area contributed by atoms with Gasteiger partial charge in [0, 0.05) is 16.1 Å². The maximum Gasteiger partial charge on any atom is 0.319 e. The molecule has 0 aromatic heterocycles. The Bertz CT molecular complexity index is 774. The number of hydrogen-bond donors (Lipinski definition) is 1. The Labute approximate surface area is 157 Å². The maximum atomic E-state index is 12.2. The van der Waals surface area contributed by atoms with Crippen molar-refractivity contribution in [1.82, 2.24) is 0 Å². The fourth-order valence-corrected chi connectivity index (χ4v) is 2.98. The fourth-order valence-electron chi connectivity index (χ4n) is 2.11. The molecule has 26 heavy (non-hydrogen) atoms. The molecule has 0 fully saturated rings. The molecular formula is C20H21NO4S. The molecule has 1 amide bonds. The number of anilines is 1. The fraction of sp³-hybridized carbons (Fsp3) is 0.250. The van der Waals surface area contributed by atoms with Crippen LogP contribution in [0.25, 0.3) is 0 Å². The Kier molecular flexibility index (Phi) is 6.97. The maximum absolute atomic E-state index is 12.2. The highest BCUT2D eigenvalue weighted by atomic mass is 32.2. The second kappa shape index (κ2) is 9.20. The van der Waals surface area contributed by atoms with E-state index < -0.39 is 23.2 Å². The van der Waals surface area contributed by atoms with E-state index in [-0.39, 0.29) is 5.78 Å². The minimum Gasteiger partial charge on any atom is -0.452 e. The van der Waals surface area contributed by atoms with Gasteiger partial charge in [-0.1, -0.05) is 18.2 Å². The average molecular weight is 371 g/mol. The number of Topliss-reactive ketones (excluding diaryl/α,β-unsaturated/α-hetero) is 1. The predicted molar refractivity (Wildman–Crippen MR) is 102 cm³/mol. The van der Waals surface area contributed by atoms with E-state index in [0.717, 1.165) is 4.90 Å². The summed E-state index contributed by atoms with van der Waals surface area (Å²) in [5.74, 6) is -0.922. The van der Waals surface area contributed by atoms with Gasteiger partial charge in [-0.2, -0.15) is 0 Å². The van der Waals surface area contributed by atoms with Gasteiger partial charge in [0.05, 0.1) is 0 Å². The van der Waals surface area contributed by atoms with E-state index in [4.69, 9.17) is 4.74 Å². The van der Waals surface area contributed by atoms with E-state index >= 15 is 0 Å². The monoisotopic (exact) mass is 371 g/mol. The highest BCUT2D eigenvalue weighted by molar-refractivity contribution is 8.00. The number of esters is 1. The van der Waals surface area contributed by atoms with Gasteiger partial charge < -0.3 is 10.1 Å². The molecule has 0 aliphatic heterocycles. The predicted octanol–water partition coefficient (Wildman–Crippen LogP) is 3.94. The van der Waals surface area contributed by atoms with Crippen molar-refractivity contribution in [2.45, 2.75) is 37.0 Å². The molecule has 0 bridgehead atoms.